The molecule has 5 aliphatic carbocycles. The molecule has 4 nitrogen and oxygen atoms in total. The third-order valence-corrected chi connectivity index (χ3v) is 13.5. The molecule has 0 aromatic heterocycles. The summed E-state index contributed by atoms with van der Waals surface area (Å²) in [4.78, 5) is 12.8. The minimum absolute atomic E-state index is 0.0227. The number of aliphatic carboxylic acids is 1. The van der Waals surface area contributed by atoms with Crippen LogP contribution in [0.15, 0.2) is 0 Å². The molecule has 4 unspecified atom stereocenters. The molecule has 5 fully saturated rings. The molecular formula is C30H50O4. The molecule has 0 saturated heterocycles. The van der Waals surface area contributed by atoms with Gasteiger partial charge in [-0.15, -0.1) is 0 Å². The Morgan fingerprint density at radius 3 is 2.26 bits per heavy atom. The summed E-state index contributed by atoms with van der Waals surface area (Å²) in [6, 6.07) is 0. The summed E-state index contributed by atoms with van der Waals surface area (Å²) in [5.74, 6) is 1.81. The Morgan fingerprint density at radius 2 is 1.59 bits per heavy atom. The van der Waals surface area contributed by atoms with Gasteiger partial charge in [0.1, 0.15) is 0 Å². The molecule has 0 bridgehead atoms. The fraction of sp³-hybridized carbons (Fsp3) is 0.967. The van der Waals surface area contributed by atoms with Crippen LogP contribution in [-0.4, -0.2) is 35.5 Å². The lowest BCUT2D eigenvalue weighted by atomic mass is 9.32. The number of fused-ring (bicyclic) bond motifs is 7. The number of carboxylic acid groups (broad SMARTS) is 1. The quantitative estimate of drug-likeness (QED) is 0.485. The third-order valence-electron chi connectivity index (χ3n) is 13.5. The molecule has 5 rings (SSSR count). The first-order valence-electron chi connectivity index (χ1n) is 14.4. The number of aliphatic hydroxyl groups excluding tert-OH is 1. The lowest BCUT2D eigenvalue weighted by molar-refractivity contribution is -0.249. The highest BCUT2D eigenvalue weighted by Crippen LogP contribution is 2.77. The number of carboxylic acids is 1. The monoisotopic (exact) mass is 474 g/mol. The smallest absolute Gasteiger partial charge is 0.309 e. The van der Waals surface area contributed by atoms with Crippen LogP contribution in [0, 0.1) is 56.7 Å². The standard InChI is InChI=1S/C30H50O4/c1-7-34-18-19-10-15-30(25(32)33)17-16-28(5)20(24(19)30)8-9-22-27(4)13-12-23(31)26(2,3)21(27)11-14-29(22,28)6/h19-24,31H,7-18H2,1-6H3,(H,32,33)/t19-,20?,21?,22?,23-,24?,27-,28+,29+,30-/m0/s1. The zero-order chi connectivity index (χ0) is 24.7. The van der Waals surface area contributed by atoms with E-state index >= 15 is 0 Å². The van der Waals surface area contributed by atoms with E-state index in [1.54, 1.807) is 0 Å². The summed E-state index contributed by atoms with van der Waals surface area (Å²) in [5.41, 5.74) is 0.134. The maximum Gasteiger partial charge on any atom is 0.309 e. The molecule has 4 heteroatoms. The van der Waals surface area contributed by atoms with Crippen molar-refractivity contribution in [2.24, 2.45) is 56.7 Å². The molecule has 2 N–H and O–H groups in total. The summed E-state index contributed by atoms with van der Waals surface area (Å²) >= 11 is 0. The van der Waals surface area contributed by atoms with Gasteiger partial charge in [-0.1, -0.05) is 34.6 Å². The molecule has 5 saturated carbocycles. The average molecular weight is 475 g/mol. The Hall–Kier alpha value is -0.610. The topological polar surface area (TPSA) is 66.8 Å². The summed E-state index contributed by atoms with van der Waals surface area (Å²) in [7, 11) is 0. The summed E-state index contributed by atoms with van der Waals surface area (Å²) < 4.78 is 5.94. The van der Waals surface area contributed by atoms with Gasteiger partial charge in [0.2, 0.25) is 0 Å². The van der Waals surface area contributed by atoms with Crippen molar-refractivity contribution in [2.45, 2.75) is 112 Å². The van der Waals surface area contributed by atoms with Gasteiger partial charge in [0.25, 0.3) is 0 Å². The second-order valence-corrected chi connectivity index (χ2v) is 14.5. The molecule has 0 amide bonds. The predicted octanol–water partition coefficient (Wildman–Crippen LogP) is 6.55. The Labute approximate surface area is 207 Å². The van der Waals surface area contributed by atoms with E-state index in [2.05, 4.69) is 41.5 Å². The first-order chi connectivity index (χ1) is 15.9. The highest BCUT2D eigenvalue weighted by Gasteiger charge is 2.71. The number of hydrogen-bond acceptors (Lipinski definition) is 3. The van der Waals surface area contributed by atoms with Crippen molar-refractivity contribution in [1.29, 1.82) is 0 Å². The number of aliphatic hydroxyl groups is 1. The van der Waals surface area contributed by atoms with Crippen LogP contribution in [0.2, 0.25) is 0 Å². The number of rotatable bonds is 4. The molecule has 0 spiro atoms. The van der Waals surface area contributed by atoms with Gasteiger partial charge in [-0.3, -0.25) is 4.79 Å². The Morgan fingerprint density at radius 1 is 0.853 bits per heavy atom. The maximum atomic E-state index is 12.8. The summed E-state index contributed by atoms with van der Waals surface area (Å²) in [6.07, 6.45) is 10.4. The second kappa shape index (κ2) is 7.94. The average Bonchev–Trinajstić information content (AvgIpc) is 3.16. The van der Waals surface area contributed by atoms with Crippen molar-refractivity contribution >= 4 is 5.97 Å². The van der Waals surface area contributed by atoms with Crippen LogP contribution in [0.4, 0.5) is 0 Å². The molecule has 194 valence electrons. The Bertz CT molecular complexity index is 823. The van der Waals surface area contributed by atoms with Crippen molar-refractivity contribution in [3.8, 4) is 0 Å². The zero-order valence-corrected chi connectivity index (χ0v) is 22.7. The SMILES string of the molecule is CCOC[C@@H]1CC[C@]2(C(=O)O)CC[C@]3(C)C(CCC4[C@@]5(C)CC[C@H](O)C(C)(C)C5CC[C@]43C)C12. The van der Waals surface area contributed by atoms with Crippen LogP contribution in [0.5, 0.6) is 0 Å². The van der Waals surface area contributed by atoms with Gasteiger partial charge in [0, 0.05) is 13.2 Å². The van der Waals surface area contributed by atoms with E-state index in [9.17, 15) is 15.0 Å². The normalized spacial score (nSPS) is 53.9. The predicted molar refractivity (Wildman–Crippen MR) is 134 cm³/mol. The molecule has 0 heterocycles. The lowest BCUT2D eigenvalue weighted by Crippen LogP contribution is -2.67. The van der Waals surface area contributed by atoms with E-state index in [4.69, 9.17) is 4.74 Å². The fourth-order valence-corrected chi connectivity index (χ4v) is 11.5. The molecule has 0 aromatic carbocycles. The molecule has 5 aliphatic rings. The van der Waals surface area contributed by atoms with Crippen LogP contribution in [-0.2, 0) is 9.53 Å². The van der Waals surface area contributed by atoms with Crippen molar-refractivity contribution in [3.05, 3.63) is 0 Å². The van der Waals surface area contributed by atoms with Gasteiger partial charge in [-0.25, -0.2) is 0 Å². The van der Waals surface area contributed by atoms with Crippen molar-refractivity contribution in [2.75, 3.05) is 13.2 Å². The van der Waals surface area contributed by atoms with E-state index in [1.165, 1.54) is 25.7 Å². The van der Waals surface area contributed by atoms with Gasteiger partial charge in [0.15, 0.2) is 0 Å². The van der Waals surface area contributed by atoms with E-state index < -0.39 is 11.4 Å². The van der Waals surface area contributed by atoms with Gasteiger partial charge in [0.05, 0.1) is 11.5 Å². The maximum absolute atomic E-state index is 12.8. The number of ether oxygens (including phenoxy) is 1. The third kappa shape index (κ3) is 2.99. The lowest BCUT2D eigenvalue weighted by Gasteiger charge is -2.72. The molecule has 10 atom stereocenters. The minimum Gasteiger partial charge on any atom is -0.481 e. The van der Waals surface area contributed by atoms with Crippen LogP contribution in [0.25, 0.3) is 0 Å². The molecule has 34 heavy (non-hydrogen) atoms. The molecule has 0 radical (unpaired) electrons. The first-order valence-corrected chi connectivity index (χ1v) is 14.4. The van der Waals surface area contributed by atoms with Gasteiger partial charge in [-0.05, 0) is 122 Å². The highest BCUT2D eigenvalue weighted by molar-refractivity contribution is 5.76. The van der Waals surface area contributed by atoms with E-state index in [0.717, 1.165) is 45.1 Å². The van der Waals surface area contributed by atoms with Crippen molar-refractivity contribution < 1.29 is 19.7 Å². The zero-order valence-electron chi connectivity index (χ0n) is 22.7. The summed E-state index contributed by atoms with van der Waals surface area (Å²) in [5, 5.41) is 21.4. The van der Waals surface area contributed by atoms with E-state index in [0.29, 0.717) is 30.3 Å². The van der Waals surface area contributed by atoms with Crippen LogP contribution >= 0.6 is 0 Å². The minimum atomic E-state index is -0.537. The van der Waals surface area contributed by atoms with Crippen molar-refractivity contribution in [1.82, 2.24) is 0 Å². The van der Waals surface area contributed by atoms with Crippen LogP contribution < -0.4 is 0 Å². The fourth-order valence-electron chi connectivity index (χ4n) is 11.5. The van der Waals surface area contributed by atoms with Crippen LogP contribution in [0.3, 0.4) is 0 Å². The van der Waals surface area contributed by atoms with Crippen LogP contribution in [0.1, 0.15) is 106 Å². The number of carbonyl (C=O) groups is 1. The van der Waals surface area contributed by atoms with Gasteiger partial charge < -0.3 is 14.9 Å². The largest absolute Gasteiger partial charge is 0.481 e. The molecule has 0 aliphatic heterocycles. The molecule has 0 aromatic rings. The number of hydrogen-bond donors (Lipinski definition) is 2. The Balaban J connectivity index is 1.53. The van der Waals surface area contributed by atoms with Gasteiger partial charge >= 0.3 is 5.97 Å². The van der Waals surface area contributed by atoms with E-state index in [-0.39, 0.29) is 33.7 Å². The first kappa shape index (κ1) is 25.1. The van der Waals surface area contributed by atoms with Crippen molar-refractivity contribution in [3.63, 3.8) is 0 Å². The van der Waals surface area contributed by atoms with Gasteiger partial charge in [-0.2, -0.15) is 0 Å². The highest BCUT2D eigenvalue weighted by atomic mass is 16.5. The molecular weight excluding hydrogens is 424 g/mol. The Kier molecular flexibility index (Phi) is 5.85. The summed E-state index contributed by atoms with van der Waals surface area (Å²) in [6.45, 7) is 15.9. The van der Waals surface area contributed by atoms with E-state index in [1.807, 2.05) is 0 Å². The second-order valence-electron chi connectivity index (χ2n) is 14.5.